The molecule has 0 amide bonds. The van der Waals surface area contributed by atoms with E-state index in [-0.39, 0.29) is 24.1 Å². The van der Waals surface area contributed by atoms with Crippen LogP contribution in [0.3, 0.4) is 0 Å². The number of β-amino-alcohol motifs (C(OH)–C–C–N with tert-alkyl or cyclic N) is 1. The molecule has 3 aromatic rings. The van der Waals surface area contributed by atoms with Crippen molar-refractivity contribution in [1.29, 1.82) is 0 Å². The molecule has 7 heteroatoms. The van der Waals surface area contributed by atoms with Gasteiger partial charge >= 0.3 is 0 Å². The average Bonchev–Trinajstić information content (AvgIpc) is 3.14. The predicted octanol–water partition coefficient (Wildman–Crippen LogP) is 2.52. The fourth-order valence-corrected chi connectivity index (χ4v) is 3.17. The van der Waals surface area contributed by atoms with Crippen LogP contribution >= 0.6 is 0 Å². The van der Waals surface area contributed by atoms with Crippen LogP contribution in [0.15, 0.2) is 65.7 Å². The maximum absolute atomic E-state index is 12.9. The lowest BCUT2D eigenvalue weighted by atomic mass is 10.2. The van der Waals surface area contributed by atoms with Crippen molar-refractivity contribution in [2.45, 2.75) is 19.1 Å². The maximum Gasteiger partial charge on any atom is 0.258 e. The number of halogens is 1. The van der Waals surface area contributed by atoms with Crippen molar-refractivity contribution in [3.8, 4) is 11.4 Å². The summed E-state index contributed by atoms with van der Waals surface area (Å²) < 4.78 is 20.0. The molecule has 1 aromatic carbocycles. The van der Waals surface area contributed by atoms with Crippen LogP contribution in [0.1, 0.15) is 12.0 Å². The highest BCUT2D eigenvalue weighted by atomic mass is 19.1. The van der Waals surface area contributed by atoms with Crippen LogP contribution in [-0.4, -0.2) is 33.9 Å². The molecule has 0 unspecified atom stereocenters. The number of aliphatic hydroxyl groups is 1. The second-order valence-corrected chi connectivity index (χ2v) is 6.75. The minimum atomic E-state index is -0.313. The van der Waals surface area contributed by atoms with E-state index in [4.69, 9.17) is 4.74 Å². The summed E-state index contributed by atoms with van der Waals surface area (Å²) in [7, 11) is 0. The summed E-state index contributed by atoms with van der Waals surface area (Å²) in [6, 6.07) is 12.8. The van der Waals surface area contributed by atoms with E-state index in [1.54, 1.807) is 30.6 Å². The van der Waals surface area contributed by atoms with Gasteiger partial charge in [0, 0.05) is 25.4 Å². The van der Waals surface area contributed by atoms with E-state index in [9.17, 15) is 14.3 Å². The largest absolute Gasteiger partial charge is 0.489 e. The standard InChI is InChI=1S/C21H20FN3O3/c22-16-3-1-15(2-4-16)14-28-19-8-10-25(21(27)11-19)17-5-6-20(23-12-17)24-9-7-18(26)13-24/h1-6,8,10-12,18,26H,7,9,13-14H2/t18-/m1/s1. The molecule has 0 radical (unpaired) electrons. The van der Waals surface area contributed by atoms with Crippen LogP contribution in [0, 0.1) is 5.82 Å². The summed E-state index contributed by atoms with van der Waals surface area (Å²) in [6.45, 7) is 1.60. The molecule has 28 heavy (non-hydrogen) atoms. The zero-order valence-corrected chi connectivity index (χ0v) is 15.2. The van der Waals surface area contributed by atoms with E-state index < -0.39 is 0 Å². The van der Waals surface area contributed by atoms with E-state index in [1.807, 2.05) is 17.0 Å². The van der Waals surface area contributed by atoms with E-state index in [1.165, 1.54) is 22.8 Å². The first kappa shape index (κ1) is 18.2. The Balaban J connectivity index is 1.45. The predicted molar refractivity (Wildman–Crippen MR) is 103 cm³/mol. The molecule has 1 aliphatic rings. The molecule has 2 aromatic heterocycles. The molecule has 0 saturated carbocycles. The van der Waals surface area contributed by atoms with Gasteiger partial charge in [-0.15, -0.1) is 0 Å². The fourth-order valence-electron chi connectivity index (χ4n) is 3.17. The summed E-state index contributed by atoms with van der Waals surface area (Å²) in [6.07, 6.45) is 3.70. The minimum absolute atomic E-state index is 0.234. The van der Waals surface area contributed by atoms with Crippen molar-refractivity contribution in [1.82, 2.24) is 9.55 Å². The molecule has 4 rings (SSSR count). The van der Waals surface area contributed by atoms with E-state index in [2.05, 4.69) is 4.98 Å². The average molecular weight is 381 g/mol. The molecule has 0 bridgehead atoms. The molecule has 1 saturated heterocycles. The number of pyridine rings is 2. The van der Waals surface area contributed by atoms with Gasteiger partial charge in [-0.25, -0.2) is 9.37 Å². The first-order valence-corrected chi connectivity index (χ1v) is 9.08. The van der Waals surface area contributed by atoms with E-state index in [0.717, 1.165) is 24.3 Å². The monoisotopic (exact) mass is 381 g/mol. The van der Waals surface area contributed by atoms with Crippen LogP contribution in [0.2, 0.25) is 0 Å². The minimum Gasteiger partial charge on any atom is -0.489 e. The zero-order valence-electron chi connectivity index (χ0n) is 15.2. The van der Waals surface area contributed by atoms with Crippen molar-refractivity contribution in [2.75, 3.05) is 18.0 Å². The van der Waals surface area contributed by atoms with Crippen LogP contribution in [0.5, 0.6) is 5.75 Å². The Labute approximate surface area is 161 Å². The van der Waals surface area contributed by atoms with Crippen molar-refractivity contribution in [2.24, 2.45) is 0 Å². The Morgan fingerprint density at radius 3 is 2.64 bits per heavy atom. The van der Waals surface area contributed by atoms with Gasteiger partial charge in [-0.1, -0.05) is 12.1 Å². The van der Waals surface area contributed by atoms with Crippen LogP contribution < -0.4 is 15.2 Å². The lowest BCUT2D eigenvalue weighted by Gasteiger charge is -2.17. The Morgan fingerprint density at radius 1 is 1.18 bits per heavy atom. The molecule has 6 nitrogen and oxygen atoms in total. The van der Waals surface area contributed by atoms with Gasteiger partial charge in [0.2, 0.25) is 0 Å². The number of hydrogen-bond acceptors (Lipinski definition) is 5. The number of ether oxygens (including phenoxy) is 1. The van der Waals surface area contributed by atoms with Gasteiger partial charge < -0.3 is 14.7 Å². The third-order valence-corrected chi connectivity index (χ3v) is 4.71. The number of rotatable bonds is 5. The van der Waals surface area contributed by atoms with Gasteiger partial charge in [-0.3, -0.25) is 9.36 Å². The van der Waals surface area contributed by atoms with Gasteiger partial charge in [-0.2, -0.15) is 0 Å². The van der Waals surface area contributed by atoms with Crippen molar-refractivity contribution in [3.05, 3.63) is 82.7 Å². The van der Waals surface area contributed by atoms with Crippen LogP contribution in [0.25, 0.3) is 5.69 Å². The second-order valence-electron chi connectivity index (χ2n) is 6.75. The van der Waals surface area contributed by atoms with Gasteiger partial charge in [0.15, 0.2) is 0 Å². The van der Waals surface area contributed by atoms with Gasteiger partial charge in [0.25, 0.3) is 5.56 Å². The molecule has 1 atom stereocenters. The lowest BCUT2D eigenvalue weighted by molar-refractivity contribution is 0.198. The smallest absolute Gasteiger partial charge is 0.258 e. The lowest BCUT2D eigenvalue weighted by Crippen LogP contribution is -2.22. The van der Waals surface area contributed by atoms with E-state index >= 15 is 0 Å². The third kappa shape index (κ3) is 4.04. The third-order valence-electron chi connectivity index (χ3n) is 4.71. The van der Waals surface area contributed by atoms with Crippen molar-refractivity contribution >= 4 is 5.82 Å². The van der Waals surface area contributed by atoms with Gasteiger partial charge in [-0.05, 0) is 42.3 Å². The molecule has 0 aliphatic carbocycles. The quantitative estimate of drug-likeness (QED) is 0.736. The van der Waals surface area contributed by atoms with Crippen LogP contribution in [0.4, 0.5) is 10.2 Å². The molecule has 1 aliphatic heterocycles. The summed E-state index contributed by atoms with van der Waals surface area (Å²) in [5.41, 5.74) is 1.23. The Kier molecular flexibility index (Phi) is 5.08. The maximum atomic E-state index is 12.9. The summed E-state index contributed by atoms with van der Waals surface area (Å²) >= 11 is 0. The molecular formula is C21H20FN3O3. The van der Waals surface area contributed by atoms with Crippen molar-refractivity contribution in [3.63, 3.8) is 0 Å². The van der Waals surface area contributed by atoms with Crippen LogP contribution in [-0.2, 0) is 6.61 Å². The summed E-state index contributed by atoms with van der Waals surface area (Å²) in [5.74, 6) is 0.931. The number of aromatic nitrogens is 2. The highest BCUT2D eigenvalue weighted by Gasteiger charge is 2.21. The molecule has 144 valence electrons. The highest BCUT2D eigenvalue weighted by Crippen LogP contribution is 2.19. The molecule has 1 N–H and O–H groups in total. The molecule has 1 fully saturated rings. The first-order valence-electron chi connectivity index (χ1n) is 9.08. The Hall–Kier alpha value is -3.19. The Morgan fingerprint density at radius 2 is 2.00 bits per heavy atom. The molecule has 0 spiro atoms. The SMILES string of the molecule is O=c1cc(OCc2ccc(F)cc2)ccn1-c1ccc(N2CC[C@@H](O)C2)nc1. The molecule has 3 heterocycles. The van der Waals surface area contributed by atoms with Crippen molar-refractivity contribution < 1.29 is 14.2 Å². The van der Waals surface area contributed by atoms with E-state index in [0.29, 0.717) is 18.0 Å². The summed E-state index contributed by atoms with van der Waals surface area (Å²) in [4.78, 5) is 18.9. The highest BCUT2D eigenvalue weighted by molar-refractivity contribution is 5.44. The number of nitrogens with zero attached hydrogens (tertiary/aromatic N) is 3. The number of hydrogen-bond donors (Lipinski definition) is 1. The topological polar surface area (TPSA) is 67.6 Å². The van der Waals surface area contributed by atoms with Gasteiger partial charge in [0.1, 0.15) is 24.0 Å². The number of anilines is 1. The van der Waals surface area contributed by atoms with Gasteiger partial charge in [0.05, 0.1) is 18.0 Å². The second kappa shape index (κ2) is 7.82. The number of benzene rings is 1. The zero-order chi connectivity index (χ0) is 19.5. The first-order chi connectivity index (χ1) is 13.6. The normalized spacial score (nSPS) is 16.4. The molecular weight excluding hydrogens is 361 g/mol. The fraction of sp³-hybridized carbons (Fsp3) is 0.238. The summed E-state index contributed by atoms with van der Waals surface area (Å²) in [5, 5.41) is 9.64. The number of aliphatic hydroxyl groups excluding tert-OH is 1. The Bertz CT molecular complexity index is 1000.